The Morgan fingerprint density at radius 3 is 2.29 bits per heavy atom. The Morgan fingerprint density at radius 1 is 1.12 bits per heavy atom. The highest BCUT2D eigenvalue weighted by Crippen LogP contribution is 2.28. The predicted octanol–water partition coefficient (Wildman–Crippen LogP) is 0.420. The smallest absolute Gasteiger partial charge is 0.243 e. The van der Waals surface area contributed by atoms with E-state index in [-0.39, 0.29) is 5.91 Å². The molecule has 1 aliphatic rings. The summed E-state index contributed by atoms with van der Waals surface area (Å²) in [6.07, 6.45) is 6.37. The van der Waals surface area contributed by atoms with Crippen molar-refractivity contribution in [2.24, 2.45) is 11.5 Å². The molecule has 0 saturated heterocycles. The highest BCUT2D eigenvalue weighted by molar-refractivity contribution is 5.90. The molecule has 0 aromatic rings. The number of nitrogens with one attached hydrogen (secondary N) is 1. The number of amides is 2. The maximum absolute atomic E-state index is 11.7. The standard InChI is InChI=1S/C12H23N3O2/c13-9-5-2-6-10(16)15-12(11(14)17)7-3-1-4-8-12/h1-9,13H2,(H2,14,17)(H,15,16). The van der Waals surface area contributed by atoms with E-state index in [1.807, 2.05) is 0 Å². The summed E-state index contributed by atoms with van der Waals surface area (Å²) in [5.74, 6) is -0.483. The SMILES string of the molecule is NCCCCC(=O)NC1(C(N)=O)CCCCC1. The van der Waals surface area contributed by atoms with E-state index >= 15 is 0 Å². The van der Waals surface area contributed by atoms with E-state index in [0.717, 1.165) is 32.1 Å². The van der Waals surface area contributed by atoms with Crippen LogP contribution in [-0.2, 0) is 9.59 Å². The van der Waals surface area contributed by atoms with Gasteiger partial charge in [0.1, 0.15) is 5.54 Å². The Morgan fingerprint density at radius 2 is 1.76 bits per heavy atom. The minimum atomic E-state index is -0.794. The van der Waals surface area contributed by atoms with E-state index < -0.39 is 11.4 Å². The zero-order chi connectivity index (χ0) is 12.7. The zero-order valence-corrected chi connectivity index (χ0v) is 10.3. The summed E-state index contributed by atoms with van der Waals surface area (Å²) >= 11 is 0. The molecule has 0 atom stereocenters. The van der Waals surface area contributed by atoms with Crippen LogP contribution in [0, 0.1) is 0 Å². The van der Waals surface area contributed by atoms with Crippen LogP contribution < -0.4 is 16.8 Å². The minimum Gasteiger partial charge on any atom is -0.368 e. The molecule has 5 N–H and O–H groups in total. The first kappa shape index (κ1) is 14.0. The van der Waals surface area contributed by atoms with Gasteiger partial charge >= 0.3 is 0 Å². The van der Waals surface area contributed by atoms with E-state index in [4.69, 9.17) is 11.5 Å². The van der Waals surface area contributed by atoms with Gasteiger partial charge in [0, 0.05) is 6.42 Å². The van der Waals surface area contributed by atoms with Crippen LogP contribution in [-0.4, -0.2) is 23.9 Å². The highest BCUT2D eigenvalue weighted by atomic mass is 16.2. The molecular formula is C12H23N3O2. The molecule has 1 saturated carbocycles. The molecule has 0 aliphatic heterocycles. The van der Waals surface area contributed by atoms with Gasteiger partial charge in [-0.05, 0) is 32.2 Å². The molecule has 2 amide bonds. The summed E-state index contributed by atoms with van der Waals surface area (Å²) in [6.45, 7) is 0.592. The number of carbonyl (C=O) groups is 2. The summed E-state index contributed by atoms with van der Waals surface area (Å²) in [5.41, 5.74) is 10.0. The second kappa shape index (κ2) is 6.59. The Balaban J connectivity index is 2.48. The lowest BCUT2D eigenvalue weighted by molar-refractivity contribution is -0.133. The number of carbonyl (C=O) groups excluding carboxylic acids is 2. The molecule has 0 spiro atoms. The van der Waals surface area contributed by atoms with E-state index in [0.29, 0.717) is 25.8 Å². The van der Waals surface area contributed by atoms with Crippen LogP contribution in [0.3, 0.4) is 0 Å². The Hall–Kier alpha value is -1.10. The number of hydrogen-bond acceptors (Lipinski definition) is 3. The molecule has 1 fully saturated rings. The lowest BCUT2D eigenvalue weighted by Gasteiger charge is -2.35. The van der Waals surface area contributed by atoms with E-state index in [9.17, 15) is 9.59 Å². The molecule has 0 bridgehead atoms. The lowest BCUT2D eigenvalue weighted by Crippen LogP contribution is -2.58. The quantitative estimate of drug-likeness (QED) is 0.588. The second-order valence-electron chi connectivity index (χ2n) is 4.80. The molecule has 0 aromatic carbocycles. The first-order valence-corrected chi connectivity index (χ1v) is 6.42. The molecule has 5 heteroatoms. The average molecular weight is 241 g/mol. The Kier molecular flexibility index (Phi) is 5.41. The van der Waals surface area contributed by atoms with Crippen LogP contribution >= 0.6 is 0 Å². The summed E-state index contributed by atoms with van der Waals surface area (Å²) in [7, 11) is 0. The van der Waals surface area contributed by atoms with Gasteiger partial charge in [-0.3, -0.25) is 9.59 Å². The van der Waals surface area contributed by atoms with Gasteiger partial charge in [0.05, 0.1) is 0 Å². The molecule has 0 aromatic heterocycles. The highest BCUT2D eigenvalue weighted by Gasteiger charge is 2.38. The maximum Gasteiger partial charge on any atom is 0.243 e. The summed E-state index contributed by atoms with van der Waals surface area (Å²) in [5, 5.41) is 2.84. The van der Waals surface area contributed by atoms with Crippen molar-refractivity contribution in [2.75, 3.05) is 6.54 Å². The van der Waals surface area contributed by atoms with Gasteiger partial charge < -0.3 is 16.8 Å². The van der Waals surface area contributed by atoms with Crippen molar-refractivity contribution >= 4 is 11.8 Å². The Bertz CT molecular complexity index is 273. The van der Waals surface area contributed by atoms with Crippen molar-refractivity contribution in [3.05, 3.63) is 0 Å². The van der Waals surface area contributed by atoms with Crippen LogP contribution in [0.2, 0.25) is 0 Å². The fourth-order valence-corrected chi connectivity index (χ4v) is 2.35. The number of primary amides is 1. The molecular weight excluding hydrogens is 218 g/mol. The molecule has 0 radical (unpaired) electrons. The summed E-state index contributed by atoms with van der Waals surface area (Å²) in [4.78, 5) is 23.3. The largest absolute Gasteiger partial charge is 0.368 e. The number of nitrogens with two attached hydrogens (primary N) is 2. The third-order valence-corrected chi connectivity index (χ3v) is 3.42. The van der Waals surface area contributed by atoms with E-state index in [1.54, 1.807) is 0 Å². The molecule has 0 unspecified atom stereocenters. The predicted molar refractivity (Wildman–Crippen MR) is 66.1 cm³/mol. The number of rotatable bonds is 6. The van der Waals surface area contributed by atoms with Crippen LogP contribution in [0.15, 0.2) is 0 Å². The maximum atomic E-state index is 11.7. The fourth-order valence-electron chi connectivity index (χ4n) is 2.35. The van der Waals surface area contributed by atoms with Gasteiger partial charge in [0.15, 0.2) is 0 Å². The van der Waals surface area contributed by atoms with E-state index in [1.165, 1.54) is 0 Å². The summed E-state index contributed by atoms with van der Waals surface area (Å²) in [6, 6.07) is 0. The molecule has 0 heterocycles. The monoisotopic (exact) mass is 241 g/mol. The first-order valence-electron chi connectivity index (χ1n) is 6.42. The molecule has 98 valence electrons. The molecule has 17 heavy (non-hydrogen) atoms. The molecule has 5 nitrogen and oxygen atoms in total. The third kappa shape index (κ3) is 4.00. The third-order valence-electron chi connectivity index (χ3n) is 3.42. The normalized spacial score (nSPS) is 18.6. The molecule has 1 aliphatic carbocycles. The topological polar surface area (TPSA) is 98.2 Å². The van der Waals surface area contributed by atoms with Gasteiger partial charge in [-0.15, -0.1) is 0 Å². The minimum absolute atomic E-state index is 0.0841. The van der Waals surface area contributed by atoms with Crippen LogP contribution in [0.25, 0.3) is 0 Å². The number of hydrogen-bond donors (Lipinski definition) is 3. The van der Waals surface area contributed by atoms with Gasteiger partial charge in [-0.25, -0.2) is 0 Å². The Labute approximate surface area is 102 Å². The van der Waals surface area contributed by atoms with Gasteiger partial charge in [0.2, 0.25) is 11.8 Å². The van der Waals surface area contributed by atoms with Crippen LogP contribution in [0.5, 0.6) is 0 Å². The second-order valence-corrected chi connectivity index (χ2v) is 4.80. The average Bonchev–Trinajstić information content (AvgIpc) is 2.30. The number of unbranched alkanes of at least 4 members (excludes halogenated alkanes) is 1. The van der Waals surface area contributed by atoms with Crippen LogP contribution in [0.4, 0.5) is 0 Å². The van der Waals surface area contributed by atoms with Gasteiger partial charge in [-0.1, -0.05) is 19.3 Å². The summed E-state index contributed by atoms with van der Waals surface area (Å²) < 4.78 is 0. The first-order chi connectivity index (χ1) is 8.10. The van der Waals surface area contributed by atoms with Crippen LogP contribution in [0.1, 0.15) is 51.4 Å². The van der Waals surface area contributed by atoms with Crippen molar-refractivity contribution in [2.45, 2.75) is 56.9 Å². The van der Waals surface area contributed by atoms with Gasteiger partial charge in [-0.2, -0.15) is 0 Å². The zero-order valence-electron chi connectivity index (χ0n) is 10.3. The van der Waals surface area contributed by atoms with Crippen molar-refractivity contribution in [1.82, 2.24) is 5.32 Å². The van der Waals surface area contributed by atoms with Gasteiger partial charge in [0.25, 0.3) is 0 Å². The van der Waals surface area contributed by atoms with E-state index in [2.05, 4.69) is 5.32 Å². The van der Waals surface area contributed by atoms with Crippen molar-refractivity contribution in [1.29, 1.82) is 0 Å². The lowest BCUT2D eigenvalue weighted by atomic mass is 9.81. The van der Waals surface area contributed by atoms with Crippen molar-refractivity contribution in [3.8, 4) is 0 Å². The van der Waals surface area contributed by atoms with Crippen molar-refractivity contribution in [3.63, 3.8) is 0 Å². The molecule has 1 rings (SSSR count). The van der Waals surface area contributed by atoms with Crippen molar-refractivity contribution < 1.29 is 9.59 Å². The fraction of sp³-hybridized carbons (Fsp3) is 0.833.